The highest BCUT2D eigenvalue weighted by Crippen LogP contribution is 2.19. The highest BCUT2D eigenvalue weighted by atomic mass is 32.2. The molecule has 0 atom stereocenters. The molecule has 0 saturated heterocycles. The predicted octanol–water partition coefficient (Wildman–Crippen LogP) is 3.21. The summed E-state index contributed by atoms with van der Waals surface area (Å²) < 4.78 is 10.3. The van der Waals surface area contributed by atoms with Gasteiger partial charge < -0.3 is 9.15 Å². The molecule has 1 aromatic carbocycles. The van der Waals surface area contributed by atoms with Crippen molar-refractivity contribution in [3.63, 3.8) is 0 Å². The van der Waals surface area contributed by atoms with Gasteiger partial charge in [-0.1, -0.05) is 29.4 Å². The first-order valence-electron chi connectivity index (χ1n) is 7.65. The number of rotatable bonds is 8. The Labute approximate surface area is 157 Å². The van der Waals surface area contributed by atoms with Gasteiger partial charge in [0.05, 0.1) is 5.75 Å². The number of esters is 1. The van der Waals surface area contributed by atoms with Crippen LogP contribution in [0.3, 0.4) is 0 Å². The zero-order chi connectivity index (χ0) is 18.2. The van der Waals surface area contributed by atoms with E-state index < -0.39 is 18.5 Å². The normalized spacial score (nSPS) is 10.5. The highest BCUT2D eigenvalue weighted by Gasteiger charge is 2.13. The number of benzene rings is 1. The van der Waals surface area contributed by atoms with E-state index in [4.69, 9.17) is 9.15 Å². The van der Waals surface area contributed by atoms with E-state index >= 15 is 0 Å². The average molecular weight is 389 g/mol. The molecule has 2 aromatic heterocycles. The molecule has 2 heterocycles. The van der Waals surface area contributed by atoms with Crippen molar-refractivity contribution in [2.24, 2.45) is 0 Å². The number of anilines is 1. The third-order valence-corrected chi connectivity index (χ3v) is 5.11. The lowest BCUT2D eigenvalue weighted by molar-refractivity contribution is -0.144. The lowest BCUT2D eigenvalue weighted by Gasteiger charge is -2.03. The minimum Gasteiger partial charge on any atom is -0.455 e. The molecule has 134 valence electrons. The summed E-state index contributed by atoms with van der Waals surface area (Å²) >= 11 is 3.07. The first-order chi connectivity index (χ1) is 12.7. The van der Waals surface area contributed by atoms with Crippen molar-refractivity contribution in [2.75, 3.05) is 17.7 Å². The summed E-state index contributed by atoms with van der Waals surface area (Å²) in [7, 11) is 0. The number of amides is 1. The topological polar surface area (TPSA) is 94.3 Å². The van der Waals surface area contributed by atoms with Gasteiger partial charge in [-0.05, 0) is 23.6 Å². The third kappa shape index (κ3) is 5.43. The van der Waals surface area contributed by atoms with Crippen LogP contribution in [0.2, 0.25) is 0 Å². The fourth-order valence-corrected chi connectivity index (χ4v) is 3.60. The molecule has 0 aliphatic carbocycles. The Kier molecular flexibility index (Phi) is 6.39. The van der Waals surface area contributed by atoms with Crippen LogP contribution in [0.1, 0.15) is 4.88 Å². The van der Waals surface area contributed by atoms with Crippen LogP contribution in [0.5, 0.6) is 0 Å². The zero-order valence-electron chi connectivity index (χ0n) is 13.6. The number of nitrogens with zero attached hydrogens (tertiary/aromatic N) is 2. The summed E-state index contributed by atoms with van der Waals surface area (Å²) in [5, 5.41) is 12.0. The molecule has 3 aromatic rings. The molecule has 26 heavy (non-hydrogen) atoms. The number of hydrogen-bond acceptors (Lipinski definition) is 8. The Morgan fingerprint density at radius 2 is 2.00 bits per heavy atom. The van der Waals surface area contributed by atoms with Crippen LogP contribution in [-0.4, -0.2) is 34.4 Å². The fourth-order valence-electron chi connectivity index (χ4n) is 1.94. The molecule has 9 heteroatoms. The van der Waals surface area contributed by atoms with Crippen molar-refractivity contribution in [3.05, 3.63) is 52.7 Å². The lowest BCUT2D eigenvalue weighted by Crippen LogP contribution is -2.21. The molecule has 0 fully saturated rings. The number of thiophene rings is 1. The monoisotopic (exact) mass is 389 g/mol. The quantitative estimate of drug-likeness (QED) is 0.591. The van der Waals surface area contributed by atoms with Crippen LogP contribution in [-0.2, 0) is 20.1 Å². The Morgan fingerprint density at radius 1 is 1.15 bits per heavy atom. The molecule has 1 N–H and O–H groups in total. The summed E-state index contributed by atoms with van der Waals surface area (Å²) in [4.78, 5) is 24.6. The van der Waals surface area contributed by atoms with E-state index in [0.717, 1.165) is 11.3 Å². The zero-order valence-corrected chi connectivity index (χ0v) is 15.2. The van der Waals surface area contributed by atoms with Gasteiger partial charge in [-0.2, -0.15) is 0 Å². The van der Waals surface area contributed by atoms with Gasteiger partial charge in [0.2, 0.25) is 5.89 Å². The van der Waals surface area contributed by atoms with Crippen LogP contribution >= 0.6 is 23.1 Å². The van der Waals surface area contributed by atoms with E-state index in [0.29, 0.717) is 5.89 Å². The molecule has 0 aliphatic rings. The van der Waals surface area contributed by atoms with Crippen LogP contribution in [0.15, 0.2) is 52.3 Å². The van der Waals surface area contributed by atoms with Crippen LogP contribution in [0, 0.1) is 0 Å². The Morgan fingerprint density at radius 3 is 2.77 bits per heavy atom. The summed E-state index contributed by atoms with van der Waals surface area (Å²) in [6.45, 7) is -0.401. The molecule has 3 rings (SSSR count). The summed E-state index contributed by atoms with van der Waals surface area (Å²) in [6, 6.07) is 13.1. The fraction of sp³-hybridized carbons (Fsp3) is 0.176. The van der Waals surface area contributed by atoms with Gasteiger partial charge >= 0.3 is 12.0 Å². The van der Waals surface area contributed by atoms with Gasteiger partial charge in [0, 0.05) is 16.2 Å². The van der Waals surface area contributed by atoms with Crippen molar-refractivity contribution in [1.82, 2.24) is 10.2 Å². The summed E-state index contributed by atoms with van der Waals surface area (Å²) in [5.74, 6) is 0.234. The third-order valence-electron chi connectivity index (χ3n) is 3.10. The van der Waals surface area contributed by atoms with Crippen molar-refractivity contribution >= 4 is 41.0 Å². The number of aromatic nitrogens is 2. The molecule has 7 nitrogen and oxygen atoms in total. The standard InChI is InChI=1S/C17H15N3O4S2/c21-14(9-23-15(22)11-25-10-13-7-4-8-26-13)18-17-20-19-16(24-17)12-5-2-1-3-6-12/h1-8H,9-11H2,(H,18,20,21). The Balaban J connectivity index is 1.38. The second-order valence-electron chi connectivity index (χ2n) is 5.06. The first-order valence-corrected chi connectivity index (χ1v) is 9.68. The SMILES string of the molecule is O=C(COC(=O)CSCc1cccs1)Nc1nnc(-c2ccccc2)o1. The predicted molar refractivity (Wildman–Crippen MR) is 99.8 cm³/mol. The molecule has 0 aliphatic heterocycles. The van der Waals surface area contributed by atoms with Gasteiger partial charge in [-0.15, -0.1) is 28.2 Å². The summed E-state index contributed by atoms with van der Waals surface area (Å²) in [5.41, 5.74) is 0.745. The maximum absolute atomic E-state index is 11.8. The highest BCUT2D eigenvalue weighted by molar-refractivity contribution is 7.99. The molecular weight excluding hydrogens is 374 g/mol. The van der Waals surface area contributed by atoms with Crippen LogP contribution < -0.4 is 5.32 Å². The molecule has 0 unspecified atom stereocenters. The molecular formula is C17H15N3O4S2. The van der Waals surface area contributed by atoms with E-state index in [1.165, 1.54) is 16.6 Å². The molecule has 0 bridgehead atoms. The minimum atomic E-state index is -0.537. The Bertz CT molecular complexity index is 850. The average Bonchev–Trinajstić information content (AvgIpc) is 3.33. The summed E-state index contributed by atoms with van der Waals surface area (Å²) in [6.07, 6.45) is 0. The smallest absolute Gasteiger partial charge is 0.322 e. The number of ether oxygens (including phenoxy) is 1. The van der Waals surface area contributed by atoms with Crippen molar-refractivity contribution < 1.29 is 18.7 Å². The second-order valence-corrected chi connectivity index (χ2v) is 7.08. The van der Waals surface area contributed by atoms with E-state index in [1.807, 2.05) is 47.8 Å². The number of carbonyl (C=O) groups excluding carboxylic acids is 2. The number of hydrogen-bond donors (Lipinski definition) is 1. The van der Waals surface area contributed by atoms with Crippen LogP contribution in [0.4, 0.5) is 6.01 Å². The van der Waals surface area contributed by atoms with Crippen molar-refractivity contribution in [3.8, 4) is 11.5 Å². The number of thioether (sulfide) groups is 1. The van der Waals surface area contributed by atoms with Gasteiger partial charge in [0.15, 0.2) is 6.61 Å². The largest absolute Gasteiger partial charge is 0.455 e. The number of carbonyl (C=O) groups is 2. The number of nitrogens with one attached hydrogen (secondary N) is 1. The molecule has 0 spiro atoms. The van der Waals surface area contributed by atoms with Gasteiger partial charge in [0.1, 0.15) is 0 Å². The van der Waals surface area contributed by atoms with E-state index in [1.54, 1.807) is 11.3 Å². The molecule has 1 amide bonds. The van der Waals surface area contributed by atoms with Gasteiger partial charge in [0.25, 0.3) is 5.91 Å². The van der Waals surface area contributed by atoms with Crippen molar-refractivity contribution in [2.45, 2.75) is 5.75 Å². The van der Waals surface area contributed by atoms with Crippen LogP contribution in [0.25, 0.3) is 11.5 Å². The van der Waals surface area contributed by atoms with Gasteiger partial charge in [-0.25, -0.2) is 0 Å². The van der Waals surface area contributed by atoms with Crippen molar-refractivity contribution in [1.29, 1.82) is 0 Å². The Hall–Kier alpha value is -2.65. The van der Waals surface area contributed by atoms with E-state index in [-0.39, 0.29) is 11.8 Å². The second kappa shape index (κ2) is 9.16. The molecule has 0 saturated carbocycles. The maximum Gasteiger partial charge on any atom is 0.322 e. The molecule has 0 radical (unpaired) electrons. The lowest BCUT2D eigenvalue weighted by atomic mass is 10.2. The first kappa shape index (κ1) is 18.2. The minimum absolute atomic E-state index is 0.0445. The van der Waals surface area contributed by atoms with E-state index in [9.17, 15) is 9.59 Å². The maximum atomic E-state index is 11.8. The van der Waals surface area contributed by atoms with Gasteiger partial charge in [-0.3, -0.25) is 14.9 Å². The van der Waals surface area contributed by atoms with E-state index in [2.05, 4.69) is 15.5 Å².